The number of hydrogen-bond donors (Lipinski definition) is 3. The molecule has 0 saturated carbocycles. The number of nitriles is 1. The number of amides is 3. The molecule has 0 atom stereocenters. The van der Waals surface area contributed by atoms with Crippen molar-refractivity contribution in [3.8, 4) is 6.07 Å². The molecule has 0 aromatic carbocycles. The summed E-state index contributed by atoms with van der Waals surface area (Å²) in [7, 11) is 0. The van der Waals surface area contributed by atoms with Crippen LogP contribution in [-0.4, -0.2) is 55.3 Å². The molecule has 0 aliphatic carbocycles. The standard InChI is InChI=1S/C17H25N5O3/c18-11-14(12-21-16(24)13-4-7-19-8-5-13)17(25)20-6-2-10-22-9-1-3-15(22)23/h12-13,19H,1-10H2,(H,20,25)(H,21,24)/b14-12-. The SMILES string of the molecule is N#C/C(=C/NC(=O)C1CCNCC1)C(=O)NCCCN1CCCC1=O. The van der Waals surface area contributed by atoms with Crippen LogP contribution in [-0.2, 0) is 14.4 Å². The molecule has 0 spiro atoms. The van der Waals surface area contributed by atoms with Crippen molar-refractivity contribution in [1.82, 2.24) is 20.9 Å². The van der Waals surface area contributed by atoms with Gasteiger partial charge in [-0.3, -0.25) is 14.4 Å². The molecule has 2 aliphatic heterocycles. The summed E-state index contributed by atoms with van der Waals surface area (Å²) in [6.45, 7) is 3.36. The van der Waals surface area contributed by atoms with E-state index in [1.54, 1.807) is 11.0 Å². The number of carbonyl (C=O) groups excluding carboxylic acids is 3. The maximum atomic E-state index is 12.0. The lowest BCUT2D eigenvalue weighted by molar-refractivity contribution is -0.127. The minimum atomic E-state index is -0.513. The number of nitrogens with zero attached hydrogens (tertiary/aromatic N) is 2. The van der Waals surface area contributed by atoms with Crippen LogP contribution >= 0.6 is 0 Å². The van der Waals surface area contributed by atoms with Crippen molar-refractivity contribution in [3.05, 3.63) is 11.8 Å². The molecule has 8 heteroatoms. The molecule has 0 aromatic rings. The molecule has 3 amide bonds. The molecule has 0 radical (unpaired) electrons. The van der Waals surface area contributed by atoms with Crippen LogP contribution in [0.5, 0.6) is 0 Å². The van der Waals surface area contributed by atoms with Crippen molar-refractivity contribution < 1.29 is 14.4 Å². The van der Waals surface area contributed by atoms with E-state index in [9.17, 15) is 14.4 Å². The molecule has 0 bridgehead atoms. The highest BCUT2D eigenvalue weighted by Gasteiger charge is 2.21. The molecular formula is C17H25N5O3. The Kier molecular flexibility index (Phi) is 7.41. The monoisotopic (exact) mass is 347 g/mol. The molecule has 3 N–H and O–H groups in total. The minimum absolute atomic E-state index is 0.0847. The molecule has 8 nitrogen and oxygen atoms in total. The Morgan fingerprint density at radius 3 is 2.76 bits per heavy atom. The van der Waals surface area contributed by atoms with Gasteiger partial charge in [-0.15, -0.1) is 0 Å². The van der Waals surface area contributed by atoms with Crippen LogP contribution in [0.3, 0.4) is 0 Å². The molecule has 0 aromatic heterocycles. The predicted octanol–water partition coefficient (Wildman–Crippen LogP) is -0.362. The summed E-state index contributed by atoms with van der Waals surface area (Å²) < 4.78 is 0. The third kappa shape index (κ3) is 5.87. The van der Waals surface area contributed by atoms with E-state index in [0.717, 1.165) is 38.9 Å². The van der Waals surface area contributed by atoms with E-state index in [-0.39, 0.29) is 23.3 Å². The van der Waals surface area contributed by atoms with Crippen LogP contribution in [0.25, 0.3) is 0 Å². The number of likely N-dealkylation sites (tertiary alicyclic amines) is 1. The fraction of sp³-hybridized carbons (Fsp3) is 0.647. The molecule has 2 saturated heterocycles. The van der Waals surface area contributed by atoms with Crippen LogP contribution < -0.4 is 16.0 Å². The molecule has 25 heavy (non-hydrogen) atoms. The number of piperidine rings is 1. The second-order valence-corrected chi connectivity index (χ2v) is 6.30. The van der Waals surface area contributed by atoms with Crippen LogP contribution in [0.1, 0.15) is 32.1 Å². The predicted molar refractivity (Wildman–Crippen MR) is 90.9 cm³/mol. The molecule has 0 unspecified atom stereocenters. The van der Waals surface area contributed by atoms with Gasteiger partial charge in [-0.2, -0.15) is 5.26 Å². The van der Waals surface area contributed by atoms with Crippen molar-refractivity contribution in [3.63, 3.8) is 0 Å². The molecule has 136 valence electrons. The lowest BCUT2D eigenvalue weighted by atomic mass is 9.97. The van der Waals surface area contributed by atoms with Gasteiger partial charge in [-0.1, -0.05) is 0 Å². The van der Waals surface area contributed by atoms with Crippen LogP contribution in [0, 0.1) is 17.2 Å². The Bertz CT molecular complexity index is 575. The third-order valence-electron chi connectivity index (χ3n) is 4.50. The highest BCUT2D eigenvalue weighted by Crippen LogP contribution is 2.11. The van der Waals surface area contributed by atoms with Crippen molar-refractivity contribution >= 4 is 17.7 Å². The van der Waals surface area contributed by atoms with E-state index < -0.39 is 5.91 Å². The number of carbonyl (C=O) groups is 3. The first-order valence-corrected chi connectivity index (χ1v) is 8.79. The average molecular weight is 347 g/mol. The van der Waals surface area contributed by atoms with Gasteiger partial charge in [-0.25, -0.2) is 0 Å². The number of rotatable bonds is 7. The Morgan fingerprint density at radius 1 is 1.36 bits per heavy atom. The fourth-order valence-corrected chi connectivity index (χ4v) is 3.00. The highest BCUT2D eigenvalue weighted by molar-refractivity contribution is 5.97. The smallest absolute Gasteiger partial charge is 0.263 e. The summed E-state index contributed by atoms with van der Waals surface area (Å²) in [6, 6.07) is 1.81. The summed E-state index contributed by atoms with van der Waals surface area (Å²) in [4.78, 5) is 37.3. The summed E-state index contributed by atoms with van der Waals surface area (Å²) >= 11 is 0. The quantitative estimate of drug-likeness (QED) is 0.330. The molecule has 2 fully saturated rings. The number of nitrogens with one attached hydrogen (secondary N) is 3. The van der Waals surface area contributed by atoms with Gasteiger partial charge >= 0.3 is 0 Å². The normalized spacial score (nSPS) is 18.8. The Morgan fingerprint density at radius 2 is 2.12 bits per heavy atom. The second-order valence-electron chi connectivity index (χ2n) is 6.30. The zero-order valence-corrected chi connectivity index (χ0v) is 14.3. The van der Waals surface area contributed by atoms with Crippen molar-refractivity contribution in [1.29, 1.82) is 5.26 Å². The molecular weight excluding hydrogens is 322 g/mol. The first kappa shape index (κ1) is 18.9. The lowest BCUT2D eigenvalue weighted by Gasteiger charge is -2.20. The van der Waals surface area contributed by atoms with Gasteiger partial charge in [-0.05, 0) is 38.8 Å². The molecule has 2 heterocycles. The van der Waals surface area contributed by atoms with E-state index in [1.807, 2.05) is 0 Å². The molecule has 2 rings (SSSR count). The Labute approximate surface area is 147 Å². The second kappa shape index (κ2) is 9.79. The average Bonchev–Trinajstić information content (AvgIpc) is 3.04. The van der Waals surface area contributed by atoms with Crippen LogP contribution in [0.4, 0.5) is 0 Å². The van der Waals surface area contributed by atoms with Gasteiger partial charge in [0, 0.05) is 38.2 Å². The summed E-state index contributed by atoms with van der Waals surface area (Å²) in [5.74, 6) is -0.599. The van der Waals surface area contributed by atoms with Crippen molar-refractivity contribution in [2.45, 2.75) is 32.1 Å². The Balaban J connectivity index is 1.71. The summed E-state index contributed by atoms with van der Waals surface area (Å²) in [5, 5.41) is 17.5. The van der Waals surface area contributed by atoms with Crippen molar-refractivity contribution in [2.24, 2.45) is 5.92 Å². The lowest BCUT2D eigenvalue weighted by Crippen LogP contribution is -2.37. The maximum absolute atomic E-state index is 12.0. The van der Waals surface area contributed by atoms with Gasteiger partial charge in [0.25, 0.3) is 5.91 Å². The first-order chi connectivity index (χ1) is 12.1. The number of hydrogen-bond acceptors (Lipinski definition) is 5. The van der Waals surface area contributed by atoms with Crippen molar-refractivity contribution in [2.75, 3.05) is 32.7 Å². The van der Waals surface area contributed by atoms with Crippen LogP contribution in [0.2, 0.25) is 0 Å². The van der Waals surface area contributed by atoms with Gasteiger partial charge in [0.2, 0.25) is 11.8 Å². The van der Waals surface area contributed by atoms with E-state index in [4.69, 9.17) is 5.26 Å². The molecule has 2 aliphatic rings. The van der Waals surface area contributed by atoms with E-state index >= 15 is 0 Å². The van der Waals surface area contributed by atoms with Gasteiger partial charge in [0.15, 0.2) is 0 Å². The summed E-state index contributed by atoms with van der Waals surface area (Å²) in [6.07, 6.45) is 4.82. The van der Waals surface area contributed by atoms with E-state index in [0.29, 0.717) is 25.9 Å². The largest absolute Gasteiger partial charge is 0.351 e. The van der Waals surface area contributed by atoms with Gasteiger partial charge in [0.1, 0.15) is 11.6 Å². The zero-order valence-electron chi connectivity index (χ0n) is 14.3. The first-order valence-electron chi connectivity index (χ1n) is 8.79. The highest BCUT2D eigenvalue weighted by atomic mass is 16.2. The van der Waals surface area contributed by atoms with E-state index in [1.165, 1.54) is 6.20 Å². The minimum Gasteiger partial charge on any atom is -0.351 e. The Hall–Kier alpha value is -2.40. The van der Waals surface area contributed by atoms with Gasteiger partial charge < -0.3 is 20.9 Å². The van der Waals surface area contributed by atoms with Gasteiger partial charge in [0.05, 0.1) is 0 Å². The van der Waals surface area contributed by atoms with E-state index in [2.05, 4.69) is 16.0 Å². The zero-order chi connectivity index (χ0) is 18.1. The topological polar surface area (TPSA) is 114 Å². The van der Waals surface area contributed by atoms with Crippen LogP contribution in [0.15, 0.2) is 11.8 Å². The maximum Gasteiger partial charge on any atom is 0.263 e. The third-order valence-corrected chi connectivity index (χ3v) is 4.50. The fourth-order valence-electron chi connectivity index (χ4n) is 3.00. The summed E-state index contributed by atoms with van der Waals surface area (Å²) in [5.41, 5.74) is -0.125.